The highest BCUT2D eigenvalue weighted by atomic mass is 16.5. The Balaban J connectivity index is 1.64. The first-order valence-corrected chi connectivity index (χ1v) is 12.7. The third-order valence-corrected chi connectivity index (χ3v) is 6.79. The van der Waals surface area contributed by atoms with Crippen molar-refractivity contribution >= 4 is 22.2 Å². The summed E-state index contributed by atoms with van der Waals surface area (Å²) in [7, 11) is 3.73. The maximum Gasteiger partial charge on any atom is 0.142 e. The summed E-state index contributed by atoms with van der Waals surface area (Å²) in [6.07, 6.45) is 7.09. The molecule has 8 nitrogen and oxygen atoms in total. The van der Waals surface area contributed by atoms with Crippen molar-refractivity contribution in [2.75, 3.05) is 14.2 Å². The minimum atomic E-state index is 0.618. The Kier molecular flexibility index (Phi) is 6.94. The van der Waals surface area contributed by atoms with Crippen LogP contribution in [-0.4, -0.2) is 39.0 Å². The van der Waals surface area contributed by atoms with Crippen LogP contribution in [0.1, 0.15) is 43.5 Å². The molecule has 0 aliphatic carbocycles. The smallest absolute Gasteiger partial charge is 0.142 e. The minimum Gasteiger partial charge on any atom is -0.497 e. The SMILES string of the molecule is COc1cccc(-c2nccc3[nH]c(C4=C(C)N(C)Cc5ccc(C(/C=C(/N)C=C(C)C)=C/N)nc54)nc23)c1. The number of nitrogens with two attached hydrogens (primary N) is 2. The second-order valence-corrected chi connectivity index (χ2v) is 9.88. The Bertz CT molecular complexity index is 1690. The normalized spacial score (nSPS) is 14.0. The Labute approximate surface area is 228 Å². The molecule has 0 saturated carbocycles. The molecule has 3 aromatic heterocycles. The predicted octanol–water partition coefficient (Wildman–Crippen LogP) is 5.36. The van der Waals surface area contributed by atoms with Gasteiger partial charge in [0.25, 0.3) is 0 Å². The molecule has 0 unspecified atom stereocenters. The number of ether oxygens (including phenoxy) is 1. The van der Waals surface area contributed by atoms with E-state index in [1.807, 2.05) is 62.4 Å². The maximum absolute atomic E-state index is 6.22. The number of imidazole rings is 1. The fourth-order valence-corrected chi connectivity index (χ4v) is 4.81. The van der Waals surface area contributed by atoms with E-state index in [2.05, 4.69) is 34.9 Å². The highest BCUT2D eigenvalue weighted by Crippen LogP contribution is 2.36. The van der Waals surface area contributed by atoms with Crippen LogP contribution in [-0.2, 0) is 6.54 Å². The lowest BCUT2D eigenvalue weighted by molar-refractivity contribution is 0.405. The van der Waals surface area contributed by atoms with E-state index < -0.39 is 0 Å². The first-order valence-electron chi connectivity index (χ1n) is 12.7. The average molecular weight is 520 g/mol. The van der Waals surface area contributed by atoms with Crippen molar-refractivity contribution in [3.63, 3.8) is 0 Å². The van der Waals surface area contributed by atoms with E-state index >= 15 is 0 Å². The lowest BCUT2D eigenvalue weighted by atomic mass is 9.97. The molecule has 198 valence electrons. The van der Waals surface area contributed by atoms with Gasteiger partial charge in [-0.1, -0.05) is 23.8 Å². The van der Waals surface area contributed by atoms with Crippen molar-refractivity contribution in [3.05, 3.63) is 107 Å². The van der Waals surface area contributed by atoms with Crippen LogP contribution in [0, 0.1) is 0 Å². The van der Waals surface area contributed by atoms with Crippen molar-refractivity contribution in [2.24, 2.45) is 11.5 Å². The zero-order valence-electron chi connectivity index (χ0n) is 22.9. The molecule has 0 radical (unpaired) electrons. The standard InChI is InChI=1S/C31H33N7O/c1-18(2)13-23(33)14-22(16-32)25-10-9-21-17-38(4)19(3)27(28(21)35-25)31-36-26-11-12-34-29(30(26)37-31)20-7-6-8-24(15-20)39-5/h6-16H,17,32-33H2,1-5H3,(H,36,37)/b22-16+,23-14+. The van der Waals surface area contributed by atoms with Gasteiger partial charge in [0.15, 0.2) is 0 Å². The van der Waals surface area contributed by atoms with Crippen LogP contribution in [0.5, 0.6) is 5.75 Å². The van der Waals surface area contributed by atoms with Crippen LogP contribution in [0.2, 0.25) is 0 Å². The van der Waals surface area contributed by atoms with Crippen molar-refractivity contribution in [1.29, 1.82) is 0 Å². The molecule has 4 heterocycles. The van der Waals surface area contributed by atoms with Crippen molar-refractivity contribution < 1.29 is 4.74 Å². The lowest BCUT2D eigenvalue weighted by Gasteiger charge is -2.29. The number of fused-ring (bicyclic) bond motifs is 2. The summed E-state index contributed by atoms with van der Waals surface area (Å²) >= 11 is 0. The first kappa shape index (κ1) is 25.8. The van der Waals surface area contributed by atoms with Crippen LogP contribution < -0.4 is 16.2 Å². The van der Waals surface area contributed by atoms with Crippen LogP contribution in [0.4, 0.5) is 0 Å². The van der Waals surface area contributed by atoms with Crippen molar-refractivity contribution in [2.45, 2.75) is 27.3 Å². The number of rotatable bonds is 6. The highest BCUT2D eigenvalue weighted by molar-refractivity contribution is 5.93. The quantitative estimate of drug-likeness (QED) is 0.293. The summed E-state index contributed by atoms with van der Waals surface area (Å²) in [5.74, 6) is 1.50. The molecule has 1 aliphatic heterocycles. The molecule has 0 atom stereocenters. The van der Waals surface area contributed by atoms with Gasteiger partial charge < -0.3 is 26.1 Å². The van der Waals surface area contributed by atoms with Gasteiger partial charge in [-0.15, -0.1) is 0 Å². The van der Waals surface area contributed by atoms with Gasteiger partial charge in [-0.2, -0.15) is 0 Å². The van der Waals surface area contributed by atoms with Gasteiger partial charge in [0.1, 0.15) is 17.1 Å². The van der Waals surface area contributed by atoms with E-state index in [0.717, 1.165) is 79.8 Å². The van der Waals surface area contributed by atoms with E-state index in [1.54, 1.807) is 19.5 Å². The summed E-state index contributed by atoms with van der Waals surface area (Å²) in [5.41, 5.74) is 22.8. The number of aromatic amines is 1. The molecular weight excluding hydrogens is 486 g/mol. The van der Waals surface area contributed by atoms with Crippen LogP contribution in [0.3, 0.4) is 0 Å². The zero-order chi connectivity index (χ0) is 27.7. The van der Waals surface area contributed by atoms with Crippen LogP contribution >= 0.6 is 0 Å². The number of pyridine rings is 2. The molecule has 8 heteroatoms. The highest BCUT2D eigenvalue weighted by Gasteiger charge is 2.26. The molecule has 0 amide bonds. The van der Waals surface area contributed by atoms with E-state index in [4.69, 9.17) is 26.2 Å². The predicted molar refractivity (Wildman–Crippen MR) is 157 cm³/mol. The van der Waals surface area contributed by atoms with Gasteiger partial charge in [-0.3, -0.25) is 4.98 Å². The molecule has 0 saturated heterocycles. The fourth-order valence-electron chi connectivity index (χ4n) is 4.81. The van der Waals surface area contributed by atoms with Crippen molar-refractivity contribution in [3.8, 4) is 17.0 Å². The monoisotopic (exact) mass is 519 g/mol. The second kappa shape index (κ2) is 10.5. The Morgan fingerprint density at radius 2 is 1.90 bits per heavy atom. The van der Waals surface area contributed by atoms with E-state index in [-0.39, 0.29) is 0 Å². The summed E-state index contributed by atoms with van der Waals surface area (Å²) in [6, 6.07) is 13.9. The lowest BCUT2D eigenvalue weighted by Crippen LogP contribution is -2.24. The topological polar surface area (TPSA) is 119 Å². The average Bonchev–Trinajstić information content (AvgIpc) is 3.35. The fraction of sp³-hybridized carbons (Fsp3) is 0.194. The Morgan fingerprint density at radius 1 is 1.08 bits per heavy atom. The molecule has 5 rings (SSSR count). The van der Waals surface area contributed by atoms with Crippen molar-refractivity contribution in [1.82, 2.24) is 24.8 Å². The maximum atomic E-state index is 6.22. The molecular formula is C31H33N7O. The summed E-state index contributed by atoms with van der Waals surface area (Å²) in [6.45, 7) is 6.84. The molecule has 0 fully saturated rings. The van der Waals surface area contributed by atoms with Gasteiger partial charge in [0.2, 0.25) is 0 Å². The van der Waals surface area contributed by atoms with E-state index in [1.165, 1.54) is 0 Å². The minimum absolute atomic E-state index is 0.618. The van der Waals surface area contributed by atoms with E-state index in [9.17, 15) is 0 Å². The molecule has 1 aromatic carbocycles. The summed E-state index contributed by atoms with van der Waals surface area (Å²) in [5, 5.41) is 0. The van der Waals surface area contributed by atoms with Gasteiger partial charge in [-0.05, 0) is 62.8 Å². The molecule has 4 aromatic rings. The number of methoxy groups -OCH3 is 1. The number of aromatic nitrogens is 4. The van der Waals surface area contributed by atoms with E-state index in [0.29, 0.717) is 5.70 Å². The summed E-state index contributed by atoms with van der Waals surface area (Å²) < 4.78 is 5.43. The van der Waals surface area contributed by atoms with Crippen LogP contribution in [0.25, 0.3) is 33.4 Å². The Hall–Kier alpha value is -4.85. The molecule has 39 heavy (non-hydrogen) atoms. The molecule has 1 aliphatic rings. The van der Waals surface area contributed by atoms with Gasteiger partial charge in [0.05, 0.1) is 35.3 Å². The largest absolute Gasteiger partial charge is 0.497 e. The van der Waals surface area contributed by atoms with Crippen LogP contribution in [0.15, 0.2) is 84.0 Å². The number of H-pyrrole nitrogens is 1. The third kappa shape index (κ3) is 5.01. The number of allylic oxidation sites excluding steroid dienone is 5. The number of benzene rings is 1. The number of nitrogens with zero attached hydrogens (tertiary/aromatic N) is 4. The third-order valence-electron chi connectivity index (χ3n) is 6.79. The Morgan fingerprint density at radius 3 is 2.64 bits per heavy atom. The van der Waals surface area contributed by atoms with Gasteiger partial charge in [0, 0.05) is 48.5 Å². The molecule has 0 spiro atoms. The molecule has 5 N–H and O–H groups in total. The first-order chi connectivity index (χ1) is 18.8. The molecule has 0 bridgehead atoms. The number of nitrogens with one attached hydrogen (secondary N) is 1. The number of hydrogen-bond acceptors (Lipinski definition) is 7. The van der Waals surface area contributed by atoms with Gasteiger partial charge >= 0.3 is 0 Å². The van der Waals surface area contributed by atoms with Gasteiger partial charge in [-0.25, -0.2) is 9.97 Å². The second-order valence-electron chi connectivity index (χ2n) is 9.88. The zero-order valence-corrected chi connectivity index (χ0v) is 22.9. The number of hydrogen-bond donors (Lipinski definition) is 3. The summed E-state index contributed by atoms with van der Waals surface area (Å²) in [4.78, 5) is 20.5.